The number of aromatic nitrogens is 2. The third kappa shape index (κ3) is 3.35. The van der Waals surface area contributed by atoms with Crippen molar-refractivity contribution >= 4 is 11.6 Å². The highest BCUT2D eigenvalue weighted by molar-refractivity contribution is 6.31. The van der Waals surface area contributed by atoms with Crippen LogP contribution in [0.15, 0.2) is 0 Å². The van der Waals surface area contributed by atoms with Gasteiger partial charge < -0.3 is 10.1 Å². The van der Waals surface area contributed by atoms with Crippen molar-refractivity contribution in [2.45, 2.75) is 64.6 Å². The smallest absolute Gasteiger partial charge is 0.0850 e. The summed E-state index contributed by atoms with van der Waals surface area (Å²) in [5.41, 5.74) is 2.14. The quantitative estimate of drug-likeness (QED) is 0.878. The molecule has 0 aromatic carbocycles. The van der Waals surface area contributed by atoms with Crippen molar-refractivity contribution in [1.29, 1.82) is 0 Å². The maximum Gasteiger partial charge on any atom is 0.0850 e. The van der Waals surface area contributed by atoms with Crippen LogP contribution in [0.5, 0.6) is 0 Å². The molecule has 0 bridgehead atoms. The molecule has 2 rings (SSSR count). The standard InChI is InChI=1S/C15H26ClN3O/c1-4-11-15(16)13(19(5-2)18-11)10-12(17-3)14-8-6-7-9-20-14/h12,14,17H,4-10H2,1-3H3. The van der Waals surface area contributed by atoms with Gasteiger partial charge in [-0.15, -0.1) is 0 Å². The number of likely N-dealkylation sites (N-methyl/N-ethyl adjacent to an activating group) is 1. The summed E-state index contributed by atoms with van der Waals surface area (Å²) >= 11 is 6.50. The van der Waals surface area contributed by atoms with Gasteiger partial charge >= 0.3 is 0 Å². The van der Waals surface area contributed by atoms with E-state index in [1.54, 1.807) is 0 Å². The van der Waals surface area contributed by atoms with Gasteiger partial charge in [0.05, 0.1) is 22.5 Å². The van der Waals surface area contributed by atoms with Gasteiger partial charge in [0, 0.05) is 25.6 Å². The molecule has 4 nitrogen and oxygen atoms in total. The summed E-state index contributed by atoms with van der Waals surface area (Å²) in [6, 6.07) is 0.305. The van der Waals surface area contributed by atoms with Gasteiger partial charge in [-0.05, 0) is 39.7 Å². The summed E-state index contributed by atoms with van der Waals surface area (Å²) < 4.78 is 7.95. The van der Waals surface area contributed by atoms with Gasteiger partial charge in [-0.2, -0.15) is 5.10 Å². The summed E-state index contributed by atoms with van der Waals surface area (Å²) in [5.74, 6) is 0. The second-order valence-corrected chi connectivity index (χ2v) is 5.76. The minimum Gasteiger partial charge on any atom is -0.377 e. The molecule has 2 unspecified atom stereocenters. The zero-order valence-corrected chi connectivity index (χ0v) is 13.5. The number of nitrogens with zero attached hydrogens (tertiary/aromatic N) is 2. The number of halogens is 1. The Labute approximate surface area is 126 Å². The van der Waals surface area contributed by atoms with E-state index in [-0.39, 0.29) is 6.10 Å². The zero-order valence-electron chi connectivity index (χ0n) is 12.8. The maximum atomic E-state index is 6.50. The Balaban J connectivity index is 2.15. The van der Waals surface area contributed by atoms with Crippen LogP contribution in [0.25, 0.3) is 0 Å². The SMILES string of the molecule is CCc1nn(CC)c(CC(NC)C2CCCCO2)c1Cl. The molecule has 0 amide bonds. The van der Waals surface area contributed by atoms with Crippen LogP contribution in [0.3, 0.4) is 0 Å². The van der Waals surface area contributed by atoms with E-state index in [4.69, 9.17) is 16.3 Å². The fourth-order valence-electron chi connectivity index (χ4n) is 2.92. The van der Waals surface area contributed by atoms with E-state index in [2.05, 4.69) is 24.3 Å². The highest BCUT2D eigenvalue weighted by Gasteiger charge is 2.26. The number of hydrogen-bond acceptors (Lipinski definition) is 3. The minimum atomic E-state index is 0.287. The summed E-state index contributed by atoms with van der Waals surface area (Å²) in [7, 11) is 2.00. The first-order valence-electron chi connectivity index (χ1n) is 7.74. The average Bonchev–Trinajstić information content (AvgIpc) is 2.81. The number of nitrogens with one attached hydrogen (secondary N) is 1. The van der Waals surface area contributed by atoms with Gasteiger partial charge in [0.1, 0.15) is 0 Å². The first kappa shape index (κ1) is 15.8. The molecule has 1 aliphatic rings. The predicted octanol–water partition coefficient (Wildman–Crippen LogP) is 2.82. The molecule has 0 aliphatic carbocycles. The van der Waals surface area contributed by atoms with E-state index in [9.17, 15) is 0 Å². The van der Waals surface area contributed by atoms with Crippen molar-refractivity contribution in [2.75, 3.05) is 13.7 Å². The van der Waals surface area contributed by atoms with Crippen LogP contribution in [-0.4, -0.2) is 35.6 Å². The molecule has 1 N–H and O–H groups in total. The van der Waals surface area contributed by atoms with Crippen LogP contribution in [0.1, 0.15) is 44.5 Å². The first-order valence-corrected chi connectivity index (χ1v) is 8.11. The molecule has 2 atom stereocenters. The van der Waals surface area contributed by atoms with E-state index in [0.717, 1.165) is 48.8 Å². The first-order chi connectivity index (χ1) is 9.71. The minimum absolute atomic E-state index is 0.287. The molecule has 114 valence electrons. The van der Waals surface area contributed by atoms with Crippen molar-refractivity contribution < 1.29 is 4.74 Å². The fraction of sp³-hybridized carbons (Fsp3) is 0.800. The number of aryl methyl sites for hydroxylation is 2. The molecule has 1 aromatic rings. The Kier molecular flexibility index (Phi) is 5.87. The number of hydrogen-bond donors (Lipinski definition) is 1. The molecule has 5 heteroatoms. The number of ether oxygens (including phenoxy) is 1. The molecular weight excluding hydrogens is 274 g/mol. The van der Waals surface area contributed by atoms with Crippen molar-refractivity contribution in [2.24, 2.45) is 0 Å². The second-order valence-electron chi connectivity index (χ2n) is 5.38. The largest absolute Gasteiger partial charge is 0.377 e. The van der Waals surface area contributed by atoms with E-state index in [0.29, 0.717) is 6.04 Å². The lowest BCUT2D eigenvalue weighted by Gasteiger charge is -2.30. The Morgan fingerprint density at radius 2 is 2.25 bits per heavy atom. The topological polar surface area (TPSA) is 39.1 Å². The second kappa shape index (κ2) is 7.43. The van der Waals surface area contributed by atoms with E-state index in [1.807, 2.05) is 11.7 Å². The van der Waals surface area contributed by atoms with Crippen LogP contribution in [0.4, 0.5) is 0 Å². The summed E-state index contributed by atoms with van der Waals surface area (Å²) in [6.07, 6.45) is 5.60. The highest BCUT2D eigenvalue weighted by atomic mass is 35.5. The van der Waals surface area contributed by atoms with Gasteiger partial charge in [-0.3, -0.25) is 4.68 Å². The van der Waals surface area contributed by atoms with Gasteiger partial charge in [-0.1, -0.05) is 18.5 Å². The molecule has 1 fully saturated rings. The predicted molar refractivity (Wildman–Crippen MR) is 82.4 cm³/mol. The highest BCUT2D eigenvalue weighted by Crippen LogP contribution is 2.25. The van der Waals surface area contributed by atoms with E-state index >= 15 is 0 Å². The molecule has 0 spiro atoms. The third-order valence-electron chi connectivity index (χ3n) is 4.14. The van der Waals surface area contributed by atoms with Gasteiger partial charge in [0.15, 0.2) is 0 Å². The van der Waals surface area contributed by atoms with Gasteiger partial charge in [0.2, 0.25) is 0 Å². The van der Waals surface area contributed by atoms with Crippen molar-refractivity contribution in [1.82, 2.24) is 15.1 Å². The van der Waals surface area contributed by atoms with Crippen molar-refractivity contribution in [3.63, 3.8) is 0 Å². The van der Waals surface area contributed by atoms with E-state index in [1.165, 1.54) is 12.8 Å². The maximum absolute atomic E-state index is 6.50. The molecule has 1 aliphatic heterocycles. The summed E-state index contributed by atoms with van der Waals surface area (Å²) in [5, 5.41) is 8.83. The Hall–Kier alpha value is -0.580. The average molecular weight is 300 g/mol. The lowest BCUT2D eigenvalue weighted by Crippen LogP contribution is -2.43. The molecule has 0 radical (unpaired) electrons. The van der Waals surface area contributed by atoms with Crippen LogP contribution in [0, 0.1) is 0 Å². The molecule has 1 saturated heterocycles. The van der Waals surface area contributed by atoms with Crippen LogP contribution >= 0.6 is 11.6 Å². The van der Waals surface area contributed by atoms with E-state index < -0.39 is 0 Å². The lowest BCUT2D eigenvalue weighted by atomic mass is 9.98. The van der Waals surface area contributed by atoms with Crippen LogP contribution in [0.2, 0.25) is 5.02 Å². The molecule has 1 aromatic heterocycles. The van der Waals surface area contributed by atoms with Crippen molar-refractivity contribution in [3.05, 3.63) is 16.4 Å². The zero-order chi connectivity index (χ0) is 14.5. The Morgan fingerprint density at radius 3 is 2.80 bits per heavy atom. The van der Waals surface area contributed by atoms with Gasteiger partial charge in [0.25, 0.3) is 0 Å². The van der Waals surface area contributed by atoms with Crippen molar-refractivity contribution in [3.8, 4) is 0 Å². The summed E-state index contributed by atoms with van der Waals surface area (Å²) in [4.78, 5) is 0. The number of rotatable bonds is 6. The fourth-order valence-corrected chi connectivity index (χ4v) is 3.27. The van der Waals surface area contributed by atoms with Crippen LogP contribution in [-0.2, 0) is 24.1 Å². The monoisotopic (exact) mass is 299 g/mol. The Morgan fingerprint density at radius 1 is 1.45 bits per heavy atom. The summed E-state index contributed by atoms with van der Waals surface area (Å²) in [6.45, 7) is 5.94. The molecule has 0 saturated carbocycles. The third-order valence-corrected chi connectivity index (χ3v) is 4.58. The lowest BCUT2D eigenvalue weighted by molar-refractivity contribution is -0.00623. The normalized spacial score (nSPS) is 21.1. The molecule has 2 heterocycles. The molecule has 20 heavy (non-hydrogen) atoms. The van der Waals surface area contributed by atoms with Gasteiger partial charge in [-0.25, -0.2) is 0 Å². The Bertz CT molecular complexity index is 427. The van der Waals surface area contributed by atoms with Crippen LogP contribution < -0.4 is 5.32 Å². The molecular formula is C15H26ClN3O.